The summed E-state index contributed by atoms with van der Waals surface area (Å²) in [4.78, 5) is 27.2. The molecule has 0 aliphatic rings. The number of halogens is 1. The Balaban J connectivity index is 2.23. The third-order valence-electron chi connectivity index (χ3n) is 4.98. The van der Waals surface area contributed by atoms with Crippen LogP contribution in [0.25, 0.3) is 0 Å². The minimum atomic E-state index is -0.727. The predicted octanol–water partition coefficient (Wildman–Crippen LogP) is 3.71. The first-order valence-corrected chi connectivity index (χ1v) is 9.81. The van der Waals surface area contributed by atoms with Gasteiger partial charge in [-0.05, 0) is 44.0 Å². The van der Waals surface area contributed by atoms with Crippen LogP contribution in [0.2, 0.25) is 0 Å². The van der Waals surface area contributed by atoms with Gasteiger partial charge in [0.05, 0.1) is 13.5 Å². The van der Waals surface area contributed by atoms with Gasteiger partial charge in [0, 0.05) is 18.2 Å². The van der Waals surface area contributed by atoms with Crippen molar-refractivity contribution in [1.82, 2.24) is 10.2 Å². The van der Waals surface area contributed by atoms with Crippen LogP contribution in [0.4, 0.5) is 4.39 Å². The molecule has 0 radical (unpaired) electrons. The van der Waals surface area contributed by atoms with E-state index in [2.05, 4.69) is 5.32 Å². The Hall–Kier alpha value is -2.89. The van der Waals surface area contributed by atoms with Gasteiger partial charge in [0.2, 0.25) is 11.8 Å². The number of rotatable bonds is 9. The number of nitrogens with one attached hydrogen (secondary N) is 1. The van der Waals surface area contributed by atoms with Crippen molar-refractivity contribution in [3.05, 3.63) is 65.5 Å². The fourth-order valence-electron chi connectivity index (χ4n) is 2.88. The summed E-state index contributed by atoms with van der Waals surface area (Å²) in [5.74, 6) is -0.195. The summed E-state index contributed by atoms with van der Waals surface area (Å²) in [7, 11) is 1.58. The molecule has 1 N–H and O–H groups in total. The lowest BCUT2D eigenvalue weighted by atomic mass is 10.1. The van der Waals surface area contributed by atoms with E-state index in [0.29, 0.717) is 11.3 Å². The lowest BCUT2D eigenvalue weighted by molar-refractivity contribution is -0.140. The zero-order chi connectivity index (χ0) is 21.4. The third kappa shape index (κ3) is 6.31. The highest BCUT2D eigenvalue weighted by Crippen LogP contribution is 2.17. The van der Waals surface area contributed by atoms with Crippen molar-refractivity contribution >= 4 is 11.8 Å². The van der Waals surface area contributed by atoms with Crippen LogP contribution in [0.15, 0.2) is 48.5 Å². The Bertz CT molecular complexity index is 823. The number of nitrogens with zero attached hydrogens (tertiary/aromatic N) is 1. The monoisotopic (exact) mass is 400 g/mol. The smallest absolute Gasteiger partial charge is 0.242 e. The van der Waals surface area contributed by atoms with E-state index in [1.165, 1.54) is 11.0 Å². The number of hydrogen-bond donors (Lipinski definition) is 1. The molecule has 29 heavy (non-hydrogen) atoms. The molecule has 0 fully saturated rings. The maximum Gasteiger partial charge on any atom is 0.242 e. The molecular formula is C23H29FN2O3. The minimum Gasteiger partial charge on any atom is -0.497 e. The molecular weight excluding hydrogens is 371 g/mol. The average Bonchev–Trinajstić information content (AvgIpc) is 2.72. The van der Waals surface area contributed by atoms with E-state index in [1.54, 1.807) is 44.4 Å². The van der Waals surface area contributed by atoms with Gasteiger partial charge in [0.25, 0.3) is 0 Å². The third-order valence-corrected chi connectivity index (χ3v) is 4.98. The molecule has 0 bridgehead atoms. The zero-order valence-electron chi connectivity index (χ0n) is 17.4. The van der Waals surface area contributed by atoms with Gasteiger partial charge in [-0.15, -0.1) is 0 Å². The van der Waals surface area contributed by atoms with Crippen molar-refractivity contribution in [2.24, 2.45) is 0 Å². The van der Waals surface area contributed by atoms with E-state index < -0.39 is 11.9 Å². The van der Waals surface area contributed by atoms with E-state index in [4.69, 9.17) is 4.74 Å². The van der Waals surface area contributed by atoms with Crippen LogP contribution in [0.5, 0.6) is 5.75 Å². The minimum absolute atomic E-state index is 0.00282. The topological polar surface area (TPSA) is 58.6 Å². The Kier molecular flexibility index (Phi) is 8.19. The maximum absolute atomic E-state index is 14.2. The molecule has 0 heterocycles. The van der Waals surface area contributed by atoms with Gasteiger partial charge >= 0.3 is 0 Å². The van der Waals surface area contributed by atoms with E-state index in [0.717, 1.165) is 12.0 Å². The van der Waals surface area contributed by atoms with Crippen molar-refractivity contribution in [3.63, 3.8) is 0 Å². The van der Waals surface area contributed by atoms with Crippen molar-refractivity contribution < 1.29 is 18.7 Å². The summed E-state index contributed by atoms with van der Waals surface area (Å²) in [5, 5.41) is 2.90. The summed E-state index contributed by atoms with van der Waals surface area (Å²) < 4.78 is 19.3. The molecule has 5 nitrogen and oxygen atoms in total. The van der Waals surface area contributed by atoms with E-state index in [-0.39, 0.29) is 30.8 Å². The van der Waals surface area contributed by atoms with Crippen molar-refractivity contribution in [1.29, 1.82) is 0 Å². The number of hydrogen-bond acceptors (Lipinski definition) is 3. The molecule has 2 aromatic carbocycles. The van der Waals surface area contributed by atoms with Gasteiger partial charge in [-0.2, -0.15) is 0 Å². The average molecular weight is 400 g/mol. The molecule has 0 aliphatic carbocycles. The van der Waals surface area contributed by atoms with E-state index in [1.807, 2.05) is 26.0 Å². The van der Waals surface area contributed by atoms with Gasteiger partial charge in [-0.3, -0.25) is 9.59 Å². The van der Waals surface area contributed by atoms with Gasteiger partial charge in [0.15, 0.2) is 0 Å². The van der Waals surface area contributed by atoms with Crippen molar-refractivity contribution in [2.75, 3.05) is 7.11 Å². The van der Waals surface area contributed by atoms with Crippen LogP contribution >= 0.6 is 0 Å². The molecule has 2 aromatic rings. The van der Waals surface area contributed by atoms with Gasteiger partial charge in [0.1, 0.15) is 17.6 Å². The molecule has 0 spiro atoms. The molecule has 0 aliphatic heterocycles. The van der Waals surface area contributed by atoms with Crippen LogP contribution in [0.3, 0.4) is 0 Å². The van der Waals surface area contributed by atoms with Gasteiger partial charge in [-0.25, -0.2) is 4.39 Å². The summed E-state index contributed by atoms with van der Waals surface area (Å²) in [6, 6.07) is 12.7. The number of ether oxygens (including phenoxy) is 1. The SMILES string of the molecule is CC[C@@H](C)NC(=O)[C@@H](C)N(Cc1ccccc1F)C(=O)Cc1ccc(OC)cc1. The standard InChI is InChI=1S/C23H29FN2O3/c1-5-16(2)25-23(28)17(3)26(15-19-8-6-7-9-21(19)24)22(27)14-18-10-12-20(29-4)13-11-18/h6-13,16-17H,5,14-15H2,1-4H3,(H,25,28)/t16-,17-/m1/s1. The summed E-state index contributed by atoms with van der Waals surface area (Å²) in [6.45, 7) is 5.58. The highest BCUT2D eigenvalue weighted by atomic mass is 19.1. The lowest BCUT2D eigenvalue weighted by Crippen LogP contribution is -2.50. The molecule has 0 saturated heterocycles. The highest BCUT2D eigenvalue weighted by molar-refractivity contribution is 5.88. The molecule has 0 aromatic heterocycles. The Morgan fingerprint density at radius 1 is 1.10 bits per heavy atom. The fourth-order valence-corrected chi connectivity index (χ4v) is 2.88. The van der Waals surface area contributed by atoms with Gasteiger partial charge < -0.3 is 15.0 Å². The van der Waals surface area contributed by atoms with Crippen LogP contribution in [0.1, 0.15) is 38.3 Å². The molecule has 2 rings (SSSR count). The molecule has 0 saturated carbocycles. The summed E-state index contributed by atoms with van der Waals surface area (Å²) in [5.41, 5.74) is 1.17. The first-order valence-electron chi connectivity index (χ1n) is 9.81. The van der Waals surface area contributed by atoms with E-state index >= 15 is 0 Å². The lowest BCUT2D eigenvalue weighted by Gasteiger charge is -2.30. The van der Waals surface area contributed by atoms with Crippen LogP contribution < -0.4 is 10.1 Å². The summed E-state index contributed by atoms with van der Waals surface area (Å²) in [6.07, 6.45) is 0.894. The second-order valence-corrected chi connectivity index (χ2v) is 7.13. The van der Waals surface area contributed by atoms with Gasteiger partial charge in [-0.1, -0.05) is 37.3 Å². The largest absolute Gasteiger partial charge is 0.497 e. The zero-order valence-corrected chi connectivity index (χ0v) is 17.4. The Morgan fingerprint density at radius 2 is 1.76 bits per heavy atom. The van der Waals surface area contributed by atoms with E-state index in [9.17, 15) is 14.0 Å². The van der Waals surface area contributed by atoms with Crippen LogP contribution in [0, 0.1) is 5.82 Å². The number of carbonyl (C=O) groups excluding carboxylic acids is 2. The first-order chi connectivity index (χ1) is 13.8. The predicted molar refractivity (Wildman–Crippen MR) is 111 cm³/mol. The fraction of sp³-hybridized carbons (Fsp3) is 0.391. The number of carbonyl (C=O) groups is 2. The number of amides is 2. The molecule has 6 heteroatoms. The Labute approximate surface area is 171 Å². The highest BCUT2D eigenvalue weighted by Gasteiger charge is 2.27. The summed E-state index contributed by atoms with van der Waals surface area (Å²) >= 11 is 0. The second-order valence-electron chi connectivity index (χ2n) is 7.13. The number of methoxy groups -OCH3 is 1. The maximum atomic E-state index is 14.2. The van der Waals surface area contributed by atoms with Crippen molar-refractivity contribution in [2.45, 2.75) is 52.2 Å². The molecule has 2 atom stereocenters. The Morgan fingerprint density at radius 3 is 2.34 bits per heavy atom. The van der Waals surface area contributed by atoms with Crippen LogP contribution in [-0.4, -0.2) is 35.9 Å². The molecule has 0 unspecified atom stereocenters. The first kappa shape index (κ1) is 22.4. The van der Waals surface area contributed by atoms with Crippen LogP contribution in [-0.2, 0) is 22.6 Å². The quantitative estimate of drug-likeness (QED) is 0.698. The second kappa shape index (κ2) is 10.6. The number of benzene rings is 2. The van der Waals surface area contributed by atoms with Crippen molar-refractivity contribution in [3.8, 4) is 5.75 Å². The molecule has 156 valence electrons. The molecule has 2 amide bonds. The normalized spacial score (nSPS) is 12.7.